The molecular formula is C54H56F8N6O8. The first-order valence-electron chi connectivity index (χ1n) is 23.6. The van der Waals surface area contributed by atoms with Crippen molar-refractivity contribution in [2.24, 2.45) is 0 Å². The third kappa shape index (κ3) is 17.6. The molecule has 6 rings (SSSR count). The number of anilines is 2. The molecule has 4 N–H and O–H groups in total. The second-order valence-electron chi connectivity index (χ2n) is 17.6. The number of likely N-dealkylation sites (N-methyl/N-ethyl adjacent to an activating group) is 2. The van der Waals surface area contributed by atoms with Crippen LogP contribution < -0.4 is 31.0 Å². The summed E-state index contributed by atoms with van der Waals surface area (Å²) in [7, 11) is 7.16. The van der Waals surface area contributed by atoms with Gasteiger partial charge in [-0.1, -0.05) is 30.3 Å². The van der Waals surface area contributed by atoms with Gasteiger partial charge in [0.2, 0.25) is 11.8 Å². The van der Waals surface area contributed by atoms with Crippen LogP contribution >= 0.6 is 0 Å². The first kappa shape index (κ1) is 59.0. The summed E-state index contributed by atoms with van der Waals surface area (Å²) in [6, 6.07) is 15.0. The molecular weight excluding hydrogens is 1010 g/mol. The Balaban J connectivity index is 0.000000281. The van der Waals surface area contributed by atoms with Crippen molar-refractivity contribution in [2.45, 2.75) is 45.5 Å². The number of allylic oxidation sites excluding steroid dienone is 3. The van der Waals surface area contributed by atoms with Crippen molar-refractivity contribution in [2.75, 3.05) is 78.3 Å². The average molecular weight is 1070 g/mol. The minimum absolute atomic E-state index is 0.00716. The molecule has 1 aliphatic rings. The van der Waals surface area contributed by atoms with E-state index in [1.807, 2.05) is 4.90 Å². The van der Waals surface area contributed by atoms with E-state index in [-0.39, 0.29) is 77.1 Å². The third-order valence-corrected chi connectivity index (χ3v) is 11.0. The van der Waals surface area contributed by atoms with Gasteiger partial charge in [-0.25, -0.2) is 8.78 Å². The number of nitrogens with one attached hydrogen (secondary N) is 4. The van der Waals surface area contributed by atoms with Gasteiger partial charge in [0, 0.05) is 78.5 Å². The van der Waals surface area contributed by atoms with Gasteiger partial charge in [0.05, 0.1) is 37.2 Å². The van der Waals surface area contributed by atoms with Crippen molar-refractivity contribution < 1.29 is 68.5 Å². The highest BCUT2D eigenvalue weighted by Crippen LogP contribution is 2.36. The highest BCUT2D eigenvalue weighted by atomic mass is 19.4. The van der Waals surface area contributed by atoms with Gasteiger partial charge in [-0.3, -0.25) is 24.0 Å². The van der Waals surface area contributed by atoms with Gasteiger partial charge in [-0.15, -0.1) is 0 Å². The standard InChI is InChI=1S/C27H28F4N4O4.C27H28F4N2O4/c1-4-39-23-14-24(36)33-15-21(23)16-5-6-17(22(28)11-16)12-25(37)34-20-10-18(9-19(13-20)27(29,30)31)26(38)32-7-8-35(2)3;1-4-36-25-16-21(34)7-8-23(25)17-5-6-18(24(28)11-17)12-26(35)32-20-13-19(27(29,30)31)14-22(15-20)37-10-9-33(2)3/h5-6,9-11,13-15H,4,7-8,12H2,1-3H3,(H,32,38)(H,33,36)(H,34,37);5-6,8,11,13-16H,4,7,9-10,12H2,1-3H3,(H,32,35). The van der Waals surface area contributed by atoms with Crippen molar-refractivity contribution in [3.05, 3.63) is 158 Å². The summed E-state index contributed by atoms with van der Waals surface area (Å²) >= 11 is 0. The Hall–Kier alpha value is -7.85. The molecule has 0 bridgehead atoms. The summed E-state index contributed by atoms with van der Waals surface area (Å²) in [5.41, 5.74) is -1.19. The molecule has 0 saturated carbocycles. The monoisotopic (exact) mass is 1070 g/mol. The Morgan fingerprint density at radius 1 is 0.671 bits per heavy atom. The molecule has 406 valence electrons. The lowest BCUT2D eigenvalue weighted by atomic mass is 9.95. The number of benzene rings is 4. The fraction of sp³-hybridized carbons (Fsp3) is 0.315. The topological polar surface area (TPSA) is 171 Å². The molecule has 0 radical (unpaired) electrons. The Kier molecular flexibility index (Phi) is 20.6. The van der Waals surface area contributed by atoms with Crippen LogP contribution in [0.2, 0.25) is 0 Å². The normalized spacial score (nSPS) is 12.6. The van der Waals surface area contributed by atoms with Crippen LogP contribution in [0.15, 0.2) is 108 Å². The lowest BCUT2D eigenvalue weighted by molar-refractivity contribution is -0.138. The zero-order chi connectivity index (χ0) is 55.9. The predicted octanol–water partition coefficient (Wildman–Crippen LogP) is 9.31. The number of pyridine rings is 1. The van der Waals surface area contributed by atoms with E-state index in [9.17, 15) is 59.1 Å². The smallest absolute Gasteiger partial charge is 0.416 e. The van der Waals surface area contributed by atoms with E-state index in [0.29, 0.717) is 59.9 Å². The van der Waals surface area contributed by atoms with Gasteiger partial charge >= 0.3 is 12.4 Å². The maximum absolute atomic E-state index is 14.9. The predicted molar refractivity (Wildman–Crippen MR) is 270 cm³/mol. The molecule has 4 aromatic carbocycles. The summed E-state index contributed by atoms with van der Waals surface area (Å²) in [5.74, 6) is -3.16. The molecule has 3 amide bonds. The fourth-order valence-corrected chi connectivity index (χ4v) is 7.30. The van der Waals surface area contributed by atoms with Gasteiger partial charge < -0.3 is 44.9 Å². The number of rotatable bonds is 20. The van der Waals surface area contributed by atoms with Crippen LogP contribution in [0.4, 0.5) is 46.5 Å². The molecule has 76 heavy (non-hydrogen) atoms. The van der Waals surface area contributed by atoms with Crippen molar-refractivity contribution in [1.82, 2.24) is 20.1 Å². The molecule has 0 fully saturated rings. The number of halogens is 8. The molecule has 1 aliphatic carbocycles. The first-order valence-corrected chi connectivity index (χ1v) is 23.6. The van der Waals surface area contributed by atoms with Crippen molar-refractivity contribution >= 4 is 40.5 Å². The van der Waals surface area contributed by atoms with Crippen LogP contribution in [0.1, 0.15) is 58.4 Å². The molecule has 1 heterocycles. The minimum Gasteiger partial charge on any atom is -0.493 e. The summed E-state index contributed by atoms with van der Waals surface area (Å²) in [6.45, 7) is 5.45. The number of amides is 3. The maximum atomic E-state index is 14.9. The van der Waals surface area contributed by atoms with E-state index < -0.39 is 65.7 Å². The van der Waals surface area contributed by atoms with E-state index in [4.69, 9.17) is 14.2 Å². The Morgan fingerprint density at radius 3 is 1.80 bits per heavy atom. The summed E-state index contributed by atoms with van der Waals surface area (Å²) in [4.78, 5) is 67.1. The SMILES string of the molecule is CCOC1=CC(=O)CC=C1c1ccc(CC(=O)Nc2cc(OCCN(C)C)cc(C(F)(F)F)c2)c(F)c1.CCOc1cc(=O)[nH]cc1-c1ccc(CC(=O)Nc2cc(C(=O)NCCN(C)C)cc(C(F)(F)F)c2)c(F)c1. The molecule has 0 atom stereocenters. The number of hydrogen-bond donors (Lipinski definition) is 4. The third-order valence-electron chi connectivity index (χ3n) is 11.0. The number of ketones is 1. The quantitative estimate of drug-likeness (QED) is 0.0551. The van der Waals surface area contributed by atoms with Gasteiger partial charge in [0.1, 0.15) is 35.5 Å². The number of carbonyl (C=O) groups excluding carboxylic acids is 4. The van der Waals surface area contributed by atoms with E-state index in [2.05, 4.69) is 20.9 Å². The molecule has 0 unspecified atom stereocenters. The Labute approximate surface area is 432 Å². The number of hydrogen-bond acceptors (Lipinski definition) is 10. The van der Waals surface area contributed by atoms with E-state index in [1.165, 1.54) is 54.7 Å². The van der Waals surface area contributed by atoms with Crippen molar-refractivity contribution in [1.29, 1.82) is 0 Å². The van der Waals surface area contributed by atoms with Crippen LogP contribution in [-0.4, -0.2) is 106 Å². The van der Waals surface area contributed by atoms with Crippen LogP contribution in [0.3, 0.4) is 0 Å². The largest absolute Gasteiger partial charge is 0.493 e. The maximum Gasteiger partial charge on any atom is 0.416 e. The first-order chi connectivity index (χ1) is 35.8. The second kappa shape index (κ2) is 26.6. The van der Waals surface area contributed by atoms with Crippen LogP contribution in [0.5, 0.6) is 11.5 Å². The minimum atomic E-state index is -4.76. The van der Waals surface area contributed by atoms with E-state index in [1.54, 1.807) is 59.1 Å². The summed E-state index contributed by atoms with van der Waals surface area (Å²) in [6.07, 6.45) is -5.71. The summed E-state index contributed by atoms with van der Waals surface area (Å²) < 4.78 is 127. The molecule has 0 aliphatic heterocycles. The highest BCUT2D eigenvalue weighted by molar-refractivity contribution is 6.00. The zero-order valence-corrected chi connectivity index (χ0v) is 42.3. The number of carbonyl (C=O) groups is 4. The molecule has 5 aromatic rings. The summed E-state index contributed by atoms with van der Waals surface area (Å²) in [5, 5.41) is 7.26. The molecule has 14 nitrogen and oxygen atoms in total. The van der Waals surface area contributed by atoms with Crippen LogP contribution in [0, 0.1) is 11.6 Å². The highest BCUT2D eigenvalue weighted by Gasteiger charge is 2.33. The number of ether oxygens (including phenoxy) is 3. The number of alkyl halides is 6. The van der Waals surface area contributed by atoms with Gasteiger partial charge in [0.25, 0.3) is 11.5 Å². The second-order valence-corrected chi connectivity index (χ2v) is 17.6. The van der Waals surface area contributed by atoms with Gasteiger partial charge in [-0.2, -0.15) is 26.3 Å². The number of H-pyrrole nitrogens is 1. The molecule has 1 aromatic heterocycles. The van der Waals surface area contributed by atoms with Crippen molar-refractivity contribution in [3.8, 4) is 22.6 Å². The molecule has 22 heteroatoms. The molecule has 0 spiro atoms. The lowest BCUT2D eigenvalue weighted by Gasteiger charge is -2.17. The zero-order valence-electron chi connectivity index (χ0n) is 42.3. The number of nitrogens with zero attached hydrogens (tertiary/aromatic N) is 2. The lowest BCUT2D eigenvalue weighted by Crippen LogP contribution is -2.31. The number of aromatic nitrogens is 1. The van der Waals surface area contributed by atoms with Gasteiger partial charge in [-0.05, 0) is 107 Å². The molecule has 0 saturated heterocycles. The number of aromatic amines is 1. The van der Waals surface area contributed by atoms with Crippen LogP contribution in [-0.2, 0) is 44.3 Å². The van der Waals surface area contributed by atoms with E-state index >= 15 is 0 Å². The average Bonchev–Trinajstić information content (AvgIpc) is 3.32. The van der Waals surface area contributed by atoms with E-state index in [0.717, 1.165) is 18.2 Å². The van der Waals surface area contributed by atoms with Crippen molar-refractivity contribution in [3.63, 3.8) is 0 Å². The fourth-order valence-electron chi connectivity index (χ4n) is 7.30. The van der Waals surface area contributed by atoms with Gasteiger partial charge in [0.15, 0.2) is 5.78 Å². The Bertz CT molecular complexity index is 3020. The Morgan fingerprint density at radius 2 is 1.24 bits per heavy atom. The van der Waals surface area contributed by atoms with Crippen LogP contribution in [0.25, 0.3) is 16.7 Å².